The number of para-hydroxylation sites is 1. The van der Waals surface area contributed by atoms with E-state index in [1.807, 2.05) is 18.2 Å². The van der Waals surface area contributed by atoms with E-state index < -0.39 is 11.9 Å². The Kier molecular flexibility index (Phi) is 5.38. The molecule has 1 aliphatic rings. The van der Waals surface area contributed by atoms with Gasteiger partial charge in [0, 0.05) is 19.2 Å². The van der Waals surface area contributed by atoms with Crippen molar-refractivity contribution >= 4 is 11.8 Å². The van der Waals surface area contributed by atoms with Crippen LogP contribution in [0.15, 0.2) is 46.9 Å². The number of furan rings is 1. The summed E-state index contributed by atoms with van der Waals surface area (Å²) >= 11 is 0. The topological polar surface area (TPSA) is 71.8 Å². The van der Waals surface area contributed by atoms with E-state index in [9.17, 15) is 9.59 Å². The first kappa shape index (κ1) is 17.1. The van der Waals surface area contributed by atoms with Crippen LogP contribution in [0, 0.1) is 0 Å². The summed E-state index contributed by atoms with van der Waals surface area (Å²) in [6, 6.07) is 11.7. The van der Waals surface area contributed by atoms with E-state index in [2.05, 4.69) is 5.32 Å². The molecule has 1 saturated heterocycles. The number of nitrogens with zero attached hydrogens (tertiary/aromatic N) is 1. The van der Waals surface area contributed by atoms with Gasteiger partial charge >= 0.3 is 0 Å². The number of carbonyl (C=O) groups excluding carboxylic acids is 2. The lowest BCUT2D eigenvalue weighted by Crippen LogP contribution is -2.48. The fraction of sp³-hybridized carbons (Fsp3) is 0.368. The van der Waals surface area contributed by atoms with Gasteiger partial charge in [-0.2, -0.15) is 0 Å². The van der Waals surface area contributed by atoms with Crippen molar-refractivity contribution in [3.63, 3.8) is 0 Å². The quantitative estimate of drug-likeness (QED) is 0.906. The Morgan fingerprint density at radius 3 is 2.52 bits per heavy atom. The molecule has 6 heteroatoms. The molecule has 1 aliphatic heterocycles. The second-order valence-electron chi connectivity index (χ2n) is 6.11. The first-order valence-corrected chi connectivity index (χ1v) is 8.56. The van der Waals surface area contributed by atoms with Gasteiger partial charge in [-0.25, -0.2) is 0 Å². The van der Waals surface area contributed by atoms with Crippen molar-refractivity contribution in [1.29, 1.82) is 0 Å². The summed E-state index contributed by atoms with van der Waals surface area (Å²) in [4.78, 5) is 26.5. The number of nitrogens with one attached hydrogen (secondary N) is 1. The number of likely N-dealkylation sites (tertiary alicyclic amines) is 1. The van der Waals surface area contributed by atoms with E-state index in [1.54, 1.807) is 30.0 Å². The molecule has 0 radical (unpaired) electrons. The van der Waals surface area contributed by atoms with Crippen LogP contribution in [0.1, 0.15) is 36.7 Å². The van der Waals surface area contributed by atoms with Crippen LogP contribution in [-0.4, -0.2) is 35.8 Å². The van der Waals surface area contributed by atoms with Crippen LogP contribution in [-0.2, 0) is 4.79 Å². The molecule has 2 amide bonds. The van der Waals surface area contributed by atoms with Crippen molar-refractivity contribution in [1.82, 2.24) is 10.2 Å². The van der Waals surface area contributed by atoms with Gasteiger partial charge in [0.2, 0.25) is 5.91 Å². The average molecular weight is 342 g/mol. The number of hydrogen-bond acceptors (Lipinski definition) is 4. The zero-order valence-corrected chi connectivity index (χ0v) is 14.2. The molecule has 0 unspecified atom stereocenters. The predicted octanol–water partition coefficient (Wildman–Crippen LogP) is 3.20. The molecule has 1 fully saturated rings. The van der Waals surface area contributed by atoms with Gasteiger partial charge in [-0.15, -0.1) is 0 Å². The molecule has 1 N–H and O–H groups in total. The molecular weight excluding hydrogens is 320 g/mol. The Balaban J connectivity index is 1.56. The summed E-state index contributed by atoms with van der Waals surface area (Å²) in [6.45, 7) is 3.21. The molecule has 0 saturated carbocycles. The monoisotopic (exact) mass is 342 g/mol. The second kappa shape index (κ2) is 7.88. The van der Waals surface area contributed by atoms with Crippen molar-refractivity contribution in [3.05, 3.63) is 48.2 Å². The third kappa shape index (κ3) is 4.41. The summed E-state index contributed by atoms with van der Waals surface area (Å²) < 4.78 is 11.0. The van der Waals surface area contributed by atoms with Gasteiger partial charge in [-0.1, -0.05) is 18.2 Å². The highest BCUT2D eigenvalue weighted by molar-refractivity contribution is 5.95. The largest absolute Gasteiger partial charge is 0.426 e. The third-order valence-corrected chi connectivity index (χ3v) is 4.15. The van der Waals surface area contributed by atoms with Crippen LogP contribution in [0.3, 0.4) is 0 Å². The fourth-order valence-electron chi connectivity index (χ4n) is 2.82. The standard InChI is InChI=1S/C19H22N2O4/c1-14(19(23)21-12-6-3-7-13-21)20-18(22)16-10-11-17(25-16)24-15-8-4-2-5-9-15/h2,4-5,8-11,14H,3,6-7,12-13H2,1H3,(H,20,22)/t14-/m0/s1. The number of amides is 2. The lowest BCUT2D eigenvalue weighted by Gasteiger charge is -2.29. The highest BCUT2D eigenvalue weighted by atomic mass is 16.6. The zero-order chi connectivity index (χ0) is 17.6. The normalized spacial score (nSPS) is 15.5. The van der Waals surface area contributed by atoms with Gasteiger partial charge in [0.1, 0.15) is 11.8 Å². The molecule has 6 nitrogen and oxygen atoms in total. The van der Waals surface area contributed by atoms with Crippen LogP contribution < -0.4 is 10.1 Å². The summed E-state index contributed by atoms with van der Waals surface area (Å²) in [5.41, 5.74) is 0. The van der Waals surface area contributed by atoms with Gasteiger partial charge in [0.25, 0.3) is 11.9 Å². The molecule has 2 aromatic rings. The van der Waals surface area contributed by atoms with Gasteiger partial charge < -0.3 is 19.4 Å². The minimum atomic E-state index is -0.589. The third-order valence-electron chi connectivity index (χ3n) is 4.15. The molecular formula is C19H22N2O4. The number of piperidine rings is 1. The highest BCUT2D eigenvalue weighted by Gasteiger charge is 2.24. The maximum absolute atomic E-state index is 12.4. The summed E-state index contributed by atoms with van der Waals surface area (Å²) in [6.07, 6.45) is 3.19. The number of hydrogen-bond donors (Lipinski definition) is 1. The first-order valence-electron chi connectivity index (χ1n) is 8.56. The van der Waals surface area contributed by atoms with Gasteiger partial charge in [0.15, 0.2) is 5.76 Å². The van der Waals surface area contributed by atoms with Crippen molar-refractivity contribution in [2.45, 2.75) is 32.2 Å². The van der Waals surface area contributed by atoms with E-state index in [0.29, 0.717) is 5.75 Å². The van der Waals surface area contributed by atoms with Crippen LogP contribution in [0.2, 0.25) is 0 Å². The van der Waals surface area contributed by atoms with E-state index in [4.69, 9.17) is 9.15 Å². The van der Waals surface area contributed by atoms with Crippen LogP contribution >= 0.6 is 0 Å². The SMILES string of the molecule is C[C@H](NC(=O)c1ccc(Oc2ccccc2)o1)C(=O)N1CCCCC1. The van der Waals surface area contributed by atoms with Crippen molar-refractivity contribution in [2.75, 3.05) is 13.1 Å². The maximum atomic E-state index is 12.4. The Morgan fingerprint density at radius 2 is 1.80 bits per heavy atom. The van der Waals surface area contributed by atoms with Crippen LogP contribution in [0.4, 0.5) is 0 Å². The minimum Gasteiger partial charge on any atom is -0.426 e. The lowest BCUT2D eigenvalue weighted by atomic mass is 10.1. The van der Waals surface area contributed by atoms with Crippen LogP contribution in [0.5, 0.6) is 11.7 Å². The zero-order valence-electron chi connectivity index (χ0n) is 14.2. The molecule has 1 aromatic carbocycles. The molecule has 25 heavy (non-hydrogen) atoms. The highest BCUT2D eigenvalue weighted by Crippen LogP contribution is 2.23. The van der Waals surface area contributed by atoms with Crippen molar-refractivity contribution < 1.29 is 18.7 Å². The van der Waals surface area contributed by atoms with Gasteiger partial charge in [-0.3, -0.25) is 9.59 Å². The Labute approximate surface area is 146 Å². The molecule has 0 spiro atoms. The van der Waals surface area contributed by atoms with E-state index in [0.717, 1.165) is 32.4 Å². The maximum Gasteiger partial charge on any atom is 0.290 e. The number of carbonyl (C=O) groups is 2. The van der Waals surface area contributed by atoms with E-state index >= 15 is 0 Å². The van der Waals surface area contributed by atoms with Crippen LogP contribution in [0.25, 0.3) is 0 Å². The molecule has 1 aromatic heterocycles. The van der Waals surface area contributed by atoms with E-state index in [1.165, 1.54) is 6.07 Å². The lowest BCUT2D eigenvalue weighted by molar-refractivity contribution is -0.133. The molecule has 0 aliphatic carbocycles. The Morgan fingerprint density at radius 1 is 1.08 bits per heavy atom. The first-order chi connectivity index (χ1) is 12.1. The van der Waals surface area contributed by atoms with Crippen molar-refractivity contribution in [3.8, 4) is 11.7 Å². The molecule has 2 heterocycles. The van der Waals surface area contributed by atoms with Gasteiger partial charge in [0.05, 0.1) is 0 Å². The minimum absolute atomic E-state index is 0.0552. The molecule has 0 bridgehead atoms. The van der Waals surface area contributed by atoms with Gasteiger partial charge in [-0.05, 0) is 44.4 Å². The molecule has 1 atom stereocenters. The average Bonchev–Trinajstić information content (AvgIpc) is 3.11. The fourth-order valence-corrected chi connectivity index (χ4v) is 2.82. The molecule has 3 rings (SSSR count). The summed E-state index contributed by atoms with van der Waals surface area (Å²) in [7, 11) is 0. The van der Waals surface area contributed by atoms with Crippen molar-refractivity contribution in [2.24, 2.45) is 0 Å². The summed E-state index contributed by atoms with van der Waals surface area (Å²) in [5, 5.41) is 2.69. The summed E-state index contributed by atoms with van der Waals surface area (Å²) in [5.74, 6) is 0.481. The molecule has 132 valence electrons. The smallest absolute Gasteiger partial charge is 0.290 e. The second-order valence-corrected chi connectivity index (χ2v) is 6.11. The Hall–Kier alpha value is -2.76. The number of benzene rings is 1. The number of rotatable bonds is 5. The predicted molar refractivity (Wildman–Crippen MR) is 92.6 cm³/mol. The number of ether oxygens (including phenoxy) is 1. The Bertz CT molecular complexity index is 720. The van der Waals surface area contributed by atoms with E-state index in [-0.39, 0.29) is 17.6 Å².